The number of hydrogen-bond donors (Lipinski definition) is 1. The summed E-state index contributed by atoms with van der Waals surface area (Å²) in [5, 5.41) is 11.5. The van der Waals surface area contributed by atoms with E-state index in [1.165, 1.54) is 6.07 Å². The van der Waals surface area contributed by atoms with Crippen LogP contribution >= 0.6 is 0 Å². The number of para-hydroxylation sites is 1. The Morgan fingerprint density at radius 1 is 1.00 bits per heavy atom. The molecule has 0 unspecified atom stereocenters. The van der Waals surface area contributed by atoms with Crippen molar-refractivity contribution in [2.75, 3.05) is 37.6 Å². The quantitative estimate of drug-likeness (QED) is 0.911. The van der Waals surface area contributed by atoms with Crippen LogP contribution in [0.25, 0.3) is 0 Å². The summed E-state index contributed by atoms with van der Waals surface area (Å²) in [5.74, 6) is -0.444. The van der Waals surface area contributed by atoms with Gasteiger partial charge in [0.25, 0.3) is 5.91 Å². The van der Waals surface area contributed by atoms with Crippen molar-refractivity contribution < 1.29 is 9.59 Å². The topological polar surface area (TPSA) is 76.4 Å². The van der Waals surface area contributed by atoms with Gasteiger partial charge in [-0.05, 0) is 30.3 Å². The molecule has 2 aromatic carbocycles. The van der Waals surface area contributed by atoms with Crippen molar-refractivity contribution in [2.45, 2.75) is 0 Å². The lowest BCUT2D eigenvalue weighted by Gasteiger charge is -2.36. The fraction of sp³-hybridized carbons (Fsp3) is 0.250. The van der Waals surface area contributed by atoms with Crippen LogP contribution in [0.15, 0.2) is 54.6 Å². The molecular weight excluding hydrogens is 328 g/mol. The van der Waals surface area contributed by atoms with E-state index in [9.17, 15) is 9.59 Å². The van der Waals surface area contributed by atoms with Crippen LogP contribution in [0.4, 0.5) is 5.69 Å². The van der Waals surface area contributed by atoms with E-state index in [1.807, 2.05) is 24.3 Å². The minimum atomic E-state index is -0.349. The van der Waals surface area contributed by atoms with E-state index in [0.717, 1.165) is 18.8 Å². The summed E-state index contributed by atoms with van der Waals surface area (Å²) in [5.41, 5.74) is 1.96. The zero-order valence-corrected chi connectivity index (χ0v) is 14.4. The third kappa shape index (κ3) is 4.19. The van der Waals surface area contributed by atoms with E-state index >= 15 is 0 Å². The predicted octanol–water partition coefficient (Wildman–Crippen LogP) is 1.64. The molecule has 1 aliphatic heterocycles. The minimum Gasteiger partial charge on any atom is -0.368 e. The smallest absolute Gasteiger partial charge is 0.251 e. The van der Waals surface area contributed by atoms with Gasteiger partial charge in [-0.3, -0.25) is 9.59 Å². The van der Waals surface area contributed by atoms with Crippen molar-refractivity contribution in [1.29, 1.82) is 5.26 Å². The molecule has 0 aromatic heterocycles. The Bertz CT molecular complexity index is 821. The molecule has 0 atom stereocenters. The standard InChI is InChI=1S/C20H20N4O2/c21-14-16-5-4-6-17(13-16)20(26)22-15-19(25)24-11-9-23(10-12-24)18-7-2-1-3-8-18/h1-8,13H,9-12,15H2,(H,22,26). The summed E-state index contributed by atoms with van der Waals surface area (Å²) >= 11 is 0. The Kier molecular flexibility index (Phi) is 5.49. The summed E-state index contributed by atoms with van der Waals surface area (Å²) < 4.78 is 0. The number of nitriles is 1. The van der Waals surface area contributed by atoms with Gasteiger partial charge in [-0.25, -0.2) is 0 Å². The molecule has 0 aliphatic carbocycles. The maximum absolute atomic E-state index is 12.3. The number of amides is 2. The molecule has 0 bridgehead atoms. The minimum absolute atomic E-state index is 0.0407. The number of benzene rings is 2. The SMILES string of the molecule is N#Cc1cccc(C(=O)NCC(=O)N2CCN(c3ccccc3)CC2)c1. The van der Waals surface area contributed by atoms with Crippen LogP contribution < -0.4 is 10.2 Å². The number of anilines is 1. The second kappa shape index (κ2) is 8.17. The second-order valence-corrected chi connectivity index (χ2v) is 6.08. The first-order valence-corrected chi connectivity index (χ1v) is 8.53. The Morgan fingerprint density at radius 2 is 1.73 bits per heavy atom. The predicted molar refractivity (Wildman–Crippen MR) is 98.7 cm³/mol. The lowest BCUT2D eigenvalue weighted by molar-refractivity contribution is -0.130. The van der Waals surface area contributed by atoms with E-state index in [4.69, 9.17) is 5.26 Å². The highest BCUT2D eigenvalue weighted by Gasteiger charge is 2.21. The molecule has 2 amide bonds. The lowest BCUT2D eigenvalue weighted by atomic mass is 10.1. The van der Waals surface area contributed by atoms with Gasteiger partial charge in [0.05, 0.1) is 18.2 Å². The van der Waals surface area contributed by atoms with Crippen LogP contribution in [0.3, 0.4) is 0 Å². The first kappa shape index (κ1) is 17.5. The molecule has 0 spiro atoms. The van der Waals surface area contributed by atoms with E-state index in [2.05, 4.69) is 22.3 Å². The van der Waals surface area contributed by atoms with Gasteiger partial charge >= 0.3 is 0 Å². The van der Waals surface area contributed by atoms with Crippen molar-refractivity contribution in [2.24, 2.45) is 0 Å². The highest BCUT2D eigenvalue weighted by molar-refractivity contribution is 5.96. The van der Waals surface area contributed by atoms with Gasteiger partial charge in [-0.1, -0.05) is 24.3 Å². The number of rotatable bonds is 4. The summed E-state index contributed by atoms with van der Waals surface area (Å²) in [6.07, 6.45) is 0. The van der Waals surface area contributed by atoms with Crippen molar-refractivity contribution in [3.63, 3.8) is 0 Å². The molecule has 1 aliphatic rings. The number of carbonyl (C=O) groups is 2. The molecule has 1 saturated heterocycles. The zero-order chi connectivity index (χ0) is 18.4. The highest BCUT2D eigenvalue weighted by atomic mass is 16.2. The third-order valence-corrected chi connectivity index (χ3v) is 4.41. The van der Waals surface area contributed by atoms with Crippen LogP contribution in [-0.4, -0.2) is 49.4 Å². The van der Waals surface area contributed by atoms with Crippen LogP contribution in [0.5, 0.6) is 0 Å². The van der Waals surface area contributed by atoms with E-state index in [-0.39, 0.29) is 18.4 Å². The number of hydrogen-bond acceptors (Lipinski definition) is 4. The van der Waals surface area contributed by atoms with Gasteiger partial charge in [-0.2, -0.15) is 5.26 Å². The third-order valence-electron chi connectivity index (χ3n) is 4.41. The van der Waals surface area contributed by atoms with E-state index < -0.39 is 0 Å². The molecule has 26 heavy (non-hydrogen) atoms. The van der Waals surface area contributed by atoms with Gasteiger partial charge in [0.1, 0.15) is 0 Å². The Hall–Kier alpha value is -3.33. The van der Waals surface area contributed by atoms with Crippen molar-refractivity contribution in [3.8, 4) is 6.07 Å². The molecule has 1 heterocycles. The average Bonchev–Trinajstić information content (AvgIpc) is 2.72. The fourth-order valence-corrected chi connectivity index (χ4v) is 2.95. The Labute approximate surface area is 152 Å². The molecule has 0 radical (unpaired) electrons. The van der Waals surface area contributed by atoms with E-state index in [0.29, 0.717) is 24.2 Å². The summed E-state index contributed by atoms with van der Waals surface area (Å²) in [6, 6.07) is 18.5. The lowest BCUT2D eigenvalue weighted by Crippen LogP contribution is -2.51. The monoisotopic (exact) mass is 348 g/mol. The molecule has 2 aromatic rings. The van der Waals surface area contributed by atoms with Gasteiger partial charge in [-0.15, -0.1) is 0 Å². The normalized spacial score (nSPS) is 13.8. The van der Waals surface area contributed by atoms with Crippen molar-refractivity contribution >= 4 is 17.5 Å². The second-order valence-electron chi connectivity index (χ2n) is 6.08. The molecule has 6 nitrogen and oxygen atoms in total. The highest BCUT2D eigenvalue weighted by Crippen LogP contribution is 2.15. The fourth-order valence-electron chi connectivity index (χ4n) is 2.95. The molecule has 1 fully saturated rings. The van der Waals surface area contributed by atoms with Crippen molar-refractivity contribution in [3.05, 3.63) is 65.7 Å². The van der Waals surface area contributed by atoms with E-state index in [1.54, 1.807) is 23.1 Å². The summed E-state index contributed by atoms with van der Waals surface area (Å²) in [7, 11) is 0. The van der Waals surface area contributed by atoms with Crippen LogP contribution in [-0.2, 0) is 4.79 Å². The first-order chi connectivity index (χ1) is 12.7. The molecule has 0 saturated carbocycles. The molecule has 6 heteroatoms. The van der Waals surface area contributed by atoms with Crippen LogP contribution in [0.2, 0.25) is 0 Å². The van der Waals surface area contributed by atoms with Gasteiger partial charge in [0, 0.05) is 37.4 Å². The summed E-state index contributed by atoms with van der Waals surface area (Å²) in [6.45, 7) is 2.77. The number of nitrogens with one attached hydrogen (secondary N) is 1. The summed E-state index contributed by atoms with van der Waals surface area (Å²) in [4.78, 5) is 28.5. The Morgan fingerprint density at radius 3 is 2.42 bits per heavy atom. The van der Waals surface area contributed by atoms with Crippen LogP contribution in [0.1, 0.15) is 15.9 Å². The zero-order valence-electron chi connectivity index (χ0n) is 14.4. The van der Waals surface area contributed by atoms with Gasteiger partial charge in [0.15, 0.2) is 0 Å². The molecule has 3 rings (SSSR count). The average molecular weight is 348 g/mol. The van der Waals surface area contributed by atoms with Gasteiger partial charge in [0.2, 0.25) is 5.91 Å². The largest absolute Gasteiger partial charge is 0.368 e. The maximum atomic E-state index is 12.3. The Balaban J connectivity index is 1.48. The van der Waals surface area contributed by atoms with Crippen LogP contribution in [0, 0.1) is 11.3 Å². The molecular formula is C20H20N4O2. The van der Waals surface area contributed by atoms with Crippen molar-refractivity contribution in [1.82, 2.24) is 10.2 Å². The number of piperazine rings is 1. The number of nitrogens with zero attached hydrogens (tertiary/aromatic N) is 3. The number of carbonyl (C=O) groups excluding carboxylic acids is 2. The molecule has 132 valence electrons. The first-order valence-electron chi connectivity index (χ1n) is 8.53. The van der Waals surface area contributed by atoms with Gasteiger partial charge < -0.3 is 15.1 Å². The molecule has 1 N–H and O–H groups in total. The maximum Gasteiger partial charge on any atom is 0.251 e.